The molecule has 0 bridgehead atoms. The summed E-state index contributed by atoms with van der Waals surface area (Å²) in [5.74, 6) is 0.120. The smallest absolute Gasteiger partial charge is 0.182 e. The maximum Gasteiger partial charge on any atom is 0.182 e. The van der Waals surface area contributed by atoms with Gasteiger partial charge in [-0.2, -0.15) is 0 Å². The molecule has 0 atom stereocenters. The van der Waals surface area contributed by atoms with E-state index in [0.717, 1.165) is 34.6 Å². The van der Waals surface area contributed by atoms with E-state index in [1.807, 2.05) is 68.3 Å². The Morgan fingerprint density at radius 1 is 1.04 bits per heavy atom. The lowest BCUT2D eigenvalue weighted by atomic mass is 10.00. The molecule has 138 valence electrons. The number of rotatable bonds is 7. The number of likely N-dealkylation sites (N-methyl/N-ethyl adjacent to an activating group) is 1. The summed E-state index contributed by atoms with van der Waals surface area (Å²) in [6.07, 6.45) is 1.83. The maximum atomic E-state index is 12.8. The topological polar surface area (TPSA) is 35.9 Å². The van der Waals surface area contributed by atoms with E-state index < -0.39 is 0 Å². The summed E-state index contributed by atoms with van der Waals surface area (Å²) in [5, 5.41) is 0. The van der Waals surface area contributed by atoms with Crippen LogP contribution >= 0.6 is 0 Å². The predicted octanol–water partition coefficient (Wildman–Crippen LogP) is 4.54. The van der Waals surface area contributed by atoms with Crippen LogP contribution in [0, 0.1) is 20.8 Å². The number of anilines is 1. The molecule has 2 aromatic rings. The summed E-state index contributed by atoms with van der Waals surface area (Å²) >= 11 is 0. The molecule has 0 unspecified atom stereocenters. The van der Waals surface area contributed by atoms with Crippen molar-refractivity contribution in [2.24, 2.45) is 4.99 Å². The minimum atomic E-state index is 0.120. The molecule has 0 aromatic heterocycles. The minimum Gasteiger partial charge on any atom is -0.367 e. The number of carbonyl (C=O) groups excluding carboxylic acids is 1. The van der Waals surface area contributed by atoms with Gasteiger partial charge in [-0.15, -0.1) is 0 Å². The second kappa shape index (κ2) is 8.65. The first-order valence-electron chi connectivity index (χ1n) is 8.98. The molecule has 2 rings (SSSR count). The number of nitrogens with zero attached hydrogens (tertiary/aromatic N) is 3. The number of hydrogen-bond acceptors (Lipinski definition) is 3. The van der Waals surface area contributed by atoms with Gasteiger partial charge in [-0.05, 0) is 63.1 Å². The van der Waals surface area contributed by atoms with Crippen LogP contribution in [0.3, 0.4) is 0 Å². The molecule has 26 heavy (non-hydrogen) atoms. The fourth-order valence-corrected chi connectivity index (χ4v) is 2.67. The highest BCUT2D eigenvalue weighted by molar-refractivity contribution is 6.01. The minimum absolute atomic E-state index is 0.120. The van der Waals surface area contributed by atoms with Crippen LogP contribution in [0.1, 0.15) is 34.0 Å². The highest BCUT2D eigenvalue weighted by atomic mass is 16.1. The predicted molar refractivity (Wildman–Crippen MR) is 111 cm³/mol. The highest BCUT2D eigenvalue weighted by Gasteiger charge is 2.14. The van der Waals surface area contributed by atoms with Gasteiger partial charge in [0.1, 0.15) is 0 Å². The van der Waals surface area contributed by atoms with Crippen molar-refractivity contribution in [1.29, 1.82) is 0 Å². The molecule has 0 heterocycles. The standard InChI is InChI=1S/C22H29N3O/c1-7-24(5)15-23-21-13-17(3)20(12-18(21)4)22(26)14-25(6)19-10-8-16(2)9-11-19/h8-13,15H,7,14H2,1-6H3. The second-order valence-electron chi connectivity index (χ2n) is 6.89. The molecular formula is C22H29N3O. The fraction of sp³-hybridized carbons (Fsp3) is 0.364. The Kier molecular flexibility index (Phi) is 6.56. The molecule has 0 aliphatic heterocycles. The quantitative estimate of drug-likeness (QED) is 0.417. The zero-order chi connectivity index (χ0) is 19.3. The first-order valence-corrected chi connectivity index (χ1v) is 8.98. The van der Waals surface area contributed by atoms with Gasteiger partial charge in [0, 0.05) is 31.9 Å². The summed E-state index contributed by atoms with van der Waals surface area (Å²) in [6, 6.07) is 12.2. The molecule has 0 radical (unpaired) electrons. The second-order valence-corrected chi connectivity index (χ2v) is 6.89. The molecule has 4 nitrogen and oxygen atoms in total. The lowest BCUT2D eigenvalue weighted by Gasteiger charge is -2.19. The molecule has 0 spiro atoms. The molecule has 0 amide bonds. The molecule has 0 aliphatic carbocycles. The number of aliphatic imine (C=N–C) groups is 1. The van der Waals surface area contributed by atoms with Crippen LogP contribution in [-0.4, -0.2) is 44.2 Å². The van der Waals surface area contributed by atoms with Crippen molar-refractivity contribution in [3.05, 3.63) is 58.7 Å². The highest BCUT2D eigenvalue weighted by Crippen LogP contribution is 2.24. The van der Waals surface area contributed by atoms with Gasteiger partial charge in [0.25, 0.3) is 0 Å². The van der Waals surface area contributed by atoms with Gasteiger partial charge in [0.2, 0.25) is 0 Å². The third-order valence-corrected chi connectivity index (χ3v) is 4.59. The van der Waals surface area contributed by atoms with Crippen LogP contribution in [0.25, 0.3) is 0 Å². The Hall–Kier alpha value is -2.62. The van der Waals surface area contributed by atoms with E-state index in [2.05, 4.69) is 31.0 Å². The normalized spacial score (nSPS) is 11.0. The summed E-state index contributed by atoms with van der Waals surface area (Å²) in [4.78, 5) is 21.3. The third-order valence-electron chi connectivity index (χ3n) is 4.59. The van der Waals surface area contributed by atoms with E-state index in [-0.39, 0.29) is 5.78 Å². The van der Waals surface area contributed by atoms with E-state index in [0.29, 0.717) is 6.54 Å². The zero-order valence-corrected chi connectivity index (χ0v) is 16.7. The van der Waals surface area contributed by atoms with Gasteiger partial charge in [-0.25, -0.2) is 4.99 Å². The summed E-state index contributed by atoms with van der Waals surface area (Å²) < 4.78 is 0. The van der Waals surface area contributed by atoms with Crippen molar-refractivity contribution in [2.45, 2.75) is 27.7 Å². The lowest BCUT2D eigenvalue weighted by molar-refractivity contribution is 0.0999. The maximum absolute atomic E-state index is 12.8. The van der Waals surface area contributed by atoms with E-state index in [1.54, 1.807) is 0 Å². The third kappa shape index (κ3) is 4.94. The molecule has 0 fully saturated rings. The zero-order valence-electron chi connectivity index (χ0n) is 16.7. The first kappa shape index (κ1) is 19.7. The van der Waals surface area contributed by atoms with E-state index >= 15 is 0 Å². The molecule has 0 saturated carbocycles. The molecule has 2 aromatic carbocycles. The van der Waals surface area contributed by atoms with Crippen LogP contribution in [0.4, 0.5) is 11.4 Å². The van der Waals surface area contributed by atoms with Crippen molar-refractivity contribution in [3.8, 4) is 0 Å². The van der Waals surface area contributed by atoms with Crippen molar-refractivity contribution < 1.29 is 4.79 Å². The summed E-state index contributed by atoms with van der Waals surface area (Å²) in [6.45, 7) is 9.37. The first-order chi connectivity index (χ1) is 12.3. The van der Waals surface area contributed by atoms with Crippen molar-refractivity contribution in [1.82, 2.24) is 4.90 Å². The van der Waals surface area contributed by atoms with Gasteiger partial charge >= 0.3 is 0 Å². The van der Waals surface area contributed by atoms with E-state index in [9.17, 15) is 4.79 Å². The van der Waals surface area contributed by atoms with Crippen LogP contribution in [0.2, 0.25) is 0 Å². The van der Waals surface area contributed by atoms with Crippen LogP contribution < -0.4 is 4.90 Å². The van der Waals surface area contributed by atoms with E-state index in [1.165, 1.54) is 5.56 Å². The average Bonchev–Trinajstić information content (AvgIpc) is 2.62. The van der Waals surface area contributed by atoms with E-state index in [4.69, 9.17) is 0 Å². The van der Waals surface area contributed by atoms with Crippen LogP contribution in [0.15, 0.2) is 41.4 Å². The van der Waals surface area contributed by atoms with Gasteiger partial charge < -0.3 is 9.80 Å². The Morgan fingerprint density at radius 3 is 2.31 bits per heavy atom. The lowest BCUT2D eigenvalue weighted by Crippen LogP contribution is -2.26. The van der Waals surface area contributed by atoms with Gasteiger partial charge in [0.15, 0.2) is 5.78 Å². The fourth-order valence-electron chi connectivity index (χ4n) is 2.67. The number of aryl methyl sites for hydroxylation is 3. The number of ketones is 1. The molecule has 0 N–H and O–H groups in total. The molecule has 0 saturated heterocycles. The Morgan fingerprint density at radius 2 is 1.69 bits per heavy atom. The largest absolute Gasteiger partial charge is 0.367 e. The van der Waals surface area contributed by atoms with Crippen LogP contribution in [0.5, 0.6) is 0 Å². The summed E-state index contributed by atoms with van der Waals surface area (Å²) in [7, 11) is 3.94. The Labute approximate surface area is 157 Å². The van der Waals surface area contributed by atoms with Crippen molar-refractivity contribution in [2.75, 3.05) is 32.1 Å². The van der Waals surface area contributed by atoms with Crippen molar-refractivity contribution in [3.63, 3.8) is 0 Å². The monoisotopic (exact) mass is 351 g/mol. The molecular weight excluding hydrogens is 322 g/mol. The number of benzene rings is 2. The summed E-state index contributed by atoms with van der Waals surface area (Å²) in [5.41, 5.74) is 5.91. The average molecular weight is 351 g/mol. The Balaban J connectivity index is 2.17. The Bertz CT molecular complexity index is 794. The number of hydrogen-bond donors (Lipinski definition) is 0. The molecule has 4 heteroatoms. The number of carbonyl (C=O) groups is 1. The van der Waals surface area contributed by atoms with Crippen LogP contribution in [-0.2, 0) is 0 Å². The van der Waals surface area contributed by atoms with Gasteiger partial charge in [-0.1, -0.05) is 17.7 Å². The van der Waals surface area contributed by atoms with Gasteiger partial charge in [-0.3, -0.25) is 4.79 Å². The molecule has 0 aliphatic rings. The van der Waals surface area contributed by atoms with Gasteiger partial charge in [0.05, 0.1) is 18.6 Å². The van der Waals surface area contributed by atoms with Crippen molar-refractivity contribution >= 4 is 23.5 Å². The SMILES string of the molecule is CCN(C)C=Nc1cc(C)c(C(=O)CN(C)c2ccc(C)cc2)cc1C. The number of Topliss-reactive ketones (excluding diaryl/α,β-unsaturated/α-hetero) is 1.